The first kappa shape index (κ1) is 26.7. The summed E-state index contributed by atoms with van der Waals surface area (Å²) >= 11 is 0. The molecule has 2 aromatic rings. The van der Waals surface area contributed by atoms with Crippen LogP contribution in [0.4, 0.5) is 4.39 Å². The first-order valence-corrected chi connectivity index (χ1v) is 14.8. The van der Waals surface area contributed by atoms with Gasteiger partial charge in [-0.1, -0.05) is 0 Å². The van der Waals surface area contributed by atoms with Gasteiger partial charge in [0.15, 0.2) is 5.82 Å². The molecule has 206 valence electrons. The average molecular weight is 547 g/mol. The second-order valence-corrected chi connectivity index (χ2v) is 14.1. The van der Waals surface area contributed by atoms with E-state index in [1.807, 2.05) is 18.7 Å². The summed E-state index contributed by atoms with van der Waals surface area (Å²) in [7, 11) is -1.16. The van der Waals surface area contributed by atoms with E-state index in [2.05, 4.69) is 20.5 Å². The highest BCUT2D eigenvalue weighted by atomic mass is 32.2. The lowest BCUT2D eigenvalue weighted by Crippen LogP contribution is -2.50. The fourth-order valence-corrected chi connectivity index (χ4v) is 7.78. The molecule has 4 heterocycles. The van der Waals surface area contributed by atoms with Crippen LogP contribution in [0.5, 0.6) is 5.88 Å². The van der Waals surface area contributed by atoms with Gasteiger partial charge in [-0.15, -0.1) is 0 Å². The Kier molecular flexibility index (Phi) is 6.83. The molecule has 2 aliphatic heterocycles. The van der Waals surface area contributed by atoms with Gasteiger partial charge in [0, 0.05) is 45.1 Å². The van der Waals surface area contributed by atoms with Crippen LogP contribution in [0.2, 0.25) is 0 Å². The van der Waals surface area contributed by atoms with E-state index in [4.69, 9.17) is 9.52 Å². The van der Waals surface area contributed by atoms with E-state index in [9.17, 15) is 18.2 Å². The third kappa shape index (κ3) is 4.72. The number of likely N-dealkylation sites (tertiary alicyclic amines) is 1. The second kappa shape index (κ2) is 9.71. The molecule has 10 nitrogen and oxygen atoms in total. The van der Waals surface area contributed by atoms with E-state index >= 15 is 0 Å². The topological polar surface area (TPSA) is 141 Å². The van der Waals surface area contributed by atoms with Crippen molar-refractivity contribution in [1.82, 2.24) is 25.4 Å². The van der Waals surface area contributed by atoms with Crippen molar-refractivity contribution >= 4 is 21.4 Å². The molecule has 38 heavy (non-hydrogen) atoms. The zero-order valence-corrected chi connectivity index (χ0v) is 22.8. The summed E-state index contributed by atoms with van der Waals surface area (Å²) in [5, 5.41) is 10.2. The number of ether oxygens (including phenoxy) is 1. The highest BCUT2D eigenvalue weighted by molar-refractivity contribution is 7.94. The van der Waals surface area contributed by atoms with Gasteiger partial charge in [-0.3, -0.25) is 19.5 Å². The minimum absolute atomic E-state index is 0.107. The van der Waals surface area contributed by atoms with E-state index in [0.717, 1.165) is 25.5 Å². The van der Waals surface area contributed by atoms with Gasteiger partial charge >= 0.3 is 0 Å². The third-order valence-electron chi connectivity index (χ3n) is 8.83. The number of aromatic amines is 1. The molecule has 0 radical (unpaired) electrons. The number of amides is 1. The van der Waals surface area contributed by atoms with Crippen molar-refractivity contribution in [2.75, 3.05) is 32.5 Å². The van der Waals surface area contributed by atoms with E-state index in [0.29, 0.717) is 37.4 Å². The van der Waals surface area contributed by atoms with Gasteiger partial charge in [0.2, 0.25) is 5.88 Å². The number of H-pyrrole nitrogens is 1. The number of Topliss-reactive ketones (excluding diaryl/α,β-unsaturated/α-hetero) is 1. The number of ketones is 1. The first-order chi connectivity index (χ1) is 18.0. The molecule has 1 aliphatic carbocycles. The van der Waals surface area contributed by atoms with Crippen molar-refractivity contribution in [1.29, 1.82) is 4.78 Å². The van der Waals surface area contributed by atoms with Crippen molar-refractivity contribution in [3.8, 4) is 17.1 Å². The van der Waals surface area contributed by atoms with E-state index in [-0.39, 0.29) is 52.7 Å². The Bertz CT molecular complexity index is 1350. The first-order valence-electron chi connectivity index (χ1n) is 13.0. The van der Waals surface area contributed by atoms with Gasteiger partial charge in [0.25, 0.3) is 5.91 Å². The number of hydrogen-bond acceptors (Lipinski definition) is 8. The smallest absolute Gasteiger partial charge is 0.272 e. The Morgan fingerprint density at radius 3 is 2.74 bits per heavy atom. The fourth-order valence-electron chi connectivity index (χ4n) is 5.90. The van der Waals surface area contributed by atoms with E-state index < -0.39 is 20.3 Å². The number of pyridine rings is 1. The number of hydrogen-bond donors (Lipinski definition) is 3. The van der Waals surface area contributed by atoms with Gasteiger partial charge in [-0.05, 0) is 64.5 Å². The predicted molar refractivity (Wildman–Crippen MR) is 140 cm³/mol. The molecule has 5 rings (SSSR count). The number of rotatable bonds is 8. The number of nitrogens with one attached hydrogen (secondary N) is 3. The van der Waals surface area contributed by atoms with Crippen LogP contribution < -0.4 is 10.1 Å². The number of aromatic nitrogens is 3. The van der Waals surface area contributed by atoms with Crippen molar-refractivity contribution in [3.05, 3.63) is 29.8 Å². The molecule has 1 spiro atoms. The zero-order valence-electron chi connectivity index (χ0n) is 22.0. The largest absolute Gasteiger partial charge is 0.481 e. The van der Waals surface area contributed by atoms with Crippen LogP contribution in [0.3, 0.4) is 0 Å². The summed E-state index contributed by atoms with van der Waals surface area (Å²) in [5.74, 6) is 0.0213. The molecular weight excluding hydrogens is 511 g/mol. The van der Waals surface area contributed by atoms with Gasteiger partial charge < -0.3 is 15.0 Å². The van der Waals surface area contributed by atoms with Crippen molar-refractivity contribution in [2.45, 2.75) is 56.2 Å². The summed E-state index contributed by atoms with van der Waals surface area (Å²) < 4.78 is 39.4. The normalized spacial score (nSPS) is 27.4. The Hall–Kier alpha value is -2.86. The van der Waals surface area contributed by atoms with Crippen LogP contribution in [0.15, 0.2) is 18.3 Å². The molecule has 3 aliphatic rings. The lowest BCUT2D eigenvalue weighted by Gasteiger charge is -2.39. The second-order valence-electron chi connectivity index (χ2n) is 11.3. The molecule has 1 saturated carbocycles. The van der Waals surface area contributed by atoms with E-state index in [1.165, 1.54) is 19.2 Å². The molecular formula is C26H35FN6O4S. The summed E-state index contributed by atoms with van der Waals surface area (Å²) in [6, 6.07) is 2.98. The highest BCUT2D eigenvalue weighted by Crippen LogP contribution is 2.50. The predicted octanol–water partition coefficient (Wildman–Crippen LogP) is 3.01. The molecule has 1 amide bonds. The number of carbonyl (C=O) groups is 2. The summed E-state index contributed by atoms with van der Waals surface area (Å²) in [6.45, 7) is 5.06. The van der Waals surface area contributed by atoms with Crippen molar-refractivity contribution in [3.63, 3.8) is 0 Å². The Balaban J connectivity index is 1.19. The quantitative estimate of drug-likeness (QED) is 0.462. The fraction of sp³-hybridized carbons (Fsp3) is 0.615. The molecule has 12 heteroatoms. The maximum absolute atomic E-state index is 14.3. The van der Waals surface area contributed by atoms with Crippen LogP contribution in [0.1, 0.15) is 56.4 Å². The van der Waals surface area contributed by atoms with Crippen LogP contribution >= 0.6 is 0 Å². The molecule has 0 aromatic carbocycles. The highest BCUT2D eigenvalue weighted by Gasteiger charge is 2.54. The average Bonchev–Trinajstić information content (AvgIpc) is 3.39. The maximum atomic E-state index is 14.3. The van der Waals surface area contributed by atoms with Crippen molar-refractivity contribution in [2.24, 2.45) is 11.8 Å². The molecule has 0 bridgehead atoms. The van der Waals surface area contributed by atoms with Crippen LogP contribution in [0.25, 0.3) is 11.3 Å². The number of piperidine rings is 1. The van der Waals surface area contributed by atoms with Crippen LogP contribution in [0, 0.1) is 22.4 Å². The van der Waals surface area contributed by atoms with Gasteiger partial charge in [0.05, 0.1) is 30.3 Å². The number of halogens is 1. The summed E-state index contributed by atoms with van der Waals surface area (Å²) in [6.07, 6.45) is 4.70. The third-order valence-corrected chi connectivity index (χ3v) is 11.7. The number of nitrogens with zero attached hydrogens (tertiary/aromatic N) is 3. The monoisotopic (exact) mass is 546 g/mol. The summed E-state index contributed by atoms with van der Waals surface area (Å²) in [5.41, 5.74) is 0.435. The molecule has 2 aromatic heterocycles. The Morgan fingerprint density at radius 2 is 2.08 bits per heavy atom. The number of carbonyl (C=O) groups excluding carboxylic acids is 2. The molecule has 0 unspecified atom stereocenters. The zero-order chi connectivity index (χ0) is 27.3. The minimum Gasteiger partial charge on any atom is -0.481 e. The van der Waals surface area contributed by atoms with Gasteiger partial charge in [-0.25, -0.2) is 13.6 Å². The molecule has 2 saturated heterocycles. The van der Waals surface area contributed by atoms with Crippen molar-refractivity contribution < 1.29 is 22.9 Å². The van der Waals surface area contributed by atoms with E-state index in [1.54, 1.807) is 0 Å². The van der Waals surface area contributed by atoms with Crippen LogP contribution in [-0.2, 0) is 14.5 Å². The SMILES string of the molecule is COc1cc(-c2cc(C(=O)N3CC[C@H](C(=O)CNC[C@H]4CC[S@](=N)(=O)C4(C)C)CC34CC4)[nH]n2)c(F)cn1. The molecule has 3 atom stereocenters. The Morgan fingerprint density at radius 1 is 1.32 bits per heavy atom. The van der Waals surface area contributed by atoms with Gasteiger partial charge in [0.1, 0.15) is 11.5 Å². The number of methoxy groups -OCH3 is 1. The lowest BCUT2D eigenvalue weighted by molar-refractivity contribution is -0.124. The standard InChI is InChI=1S/C26H35FN6O4S/c1-25(2)17(5-9-38(25,28)36)13-29-15-22(34)16-4-8-33(26(12-16)6-7-26)24(35)21-11-20(31-32-21)18-10-23(37-3)30-14-19(18)27/h10-11,14,16-17,28-29H,4-9,12-13,15H2,1-3H3,(H,31,32)/t16-,17+,38-/m0/s1. The minimum atomic E-state index is -2.61. The maximum Gasteiger partial charge on any atom is 0.272 e. The molecule has 3 N–H and O–H groups in total. The summed E-state index contributed by atoms with van der Waals surface area (Å²) in [4.78, 5) is 32.1. The molecule has 3 fully saturated rings. The van der Waals surface area contributed by atoms with Gasteiger partial charge in [-0.2, -0.15) is 5.10 Å². The van der Waals surface area contributed by atoms with Crippen LogP contribution in [-0.4, -0.2) is 78.8 Å². The Labute approximate surface area is 222 Å². The lowest BCUT2D eigenvalue weighted by atomic mass is 9.85.